The Morgan fingerprint density at radius 2 is 2.04 bits per heavy atom. The third-order valence-electron chi connectivity index (χ3n) is 5.45. The number of rotatable bonds is 5. The zero-order valence-electron chi connectivity index (χ0n) is 14.2. The summed E-state index contributed by atoms with van der Waals surface area (Å²) in [5.74, 6) is 0.221. The van der Waals surface area contributed by atoms with Crippen LogP contribution in [0.1, 0.15) is 44.6 Å². The van der Waals surface area contributed by atoms with Crippen LogP contribution in [0.25, 0.3) is 0 Å². The molecule has 1 atom stereocenters. The van der Waals surface area contributed by atoms with E-state index in [-0.39, 0.29) is 11.4 Å². The quantitative estimate of drug-likeness (QED) is 0.876. The fourth-order valence-electron chi connectivity index (χ4n) is 3.86. The van der Waals surface area contributed by atoms with E-state index in [2.05, 4.69) is 52.8 Å². The van der Waals surface area contributed by atoms with Crippen molar-refractivity contribution in [2.45, 2.75) is 57.2 Å². The van der Waals surface area contributed by atoms with Gasteiger partial charge in [-0.15, -0.1) is 0 Å². The lowest BCUT2D eigenvalue weighted by atomic mass is 9.92. The van der Waals surface area contributed by atoms with Gasteiger partial charge in [0.15, 0.2) is 0 Å². The summed E-state index contributed by atoms with van der Waals surface area (Å²) in [6, 6.07) is 11.0. The fraction of sp³-hybridized carbons (Fsp3) is 0.632. The minimum absolute atomic E-state index is 0.221. The van der Waals surface area contributed by atoms with Gasteiger partial charge in [-0.05, 0) is 44.2 Å². The summed E-state index contributed by atoms with van der Waals surface area (Å²) in [7, 11) is 0. The maximum absolute atomic E-state index is 12.7. The van der Waals surface area contributed by atoms with Crippen LogP contribution in [0.3, 0.4) is 0 Å². The average molecular weight is 315 g/mol. The molecule has 2 N–H and O–H groups in total. The van der Waals surface area contributed by atoms with E-state index in [0.29, 0.717) is 6.04 Å². The molecule has 1 amide bonds. The van der Waals surface area contributed by atoms with Crippen LogP contribution in [0.2, 0.25) is 0 Å². The highest BCUT2D eigenvalue weighted by Crippen LogP contribution is 2.24. The highest BCUT2D eigenvalue weighted by atomic mass is 16.2. The molecule has 1 aromatic rings. The van der Waals surface area contributed by atoms with Gasteiger partial charge in [0.25, 0.3) is 0 Å². The first-order chi connectivity index (χ1) is 11.2. The predicted octanol–water partition coefficient (Wildman–Crippen LogP) is 2.30. The van der Waals surface area contributed by atoms with Crippen LogP contribution >= 0.6 is 0 Å². The van der Waals surface area contributed by atoms with Crippen molar-refractivity contribution in [1.29, 1.82) is 0 Å². The summed E-state index contributed by atoms with van der Waals surface area (Å²) >= 11 is 0. The van der Waals surface area contributed by atoms with Gasteiger partial charge >= 0.3 is 0 Å². The second kappa shape index (κ2) is 7.45. The van der Waals surface area contributed by atoms with Crippen molar-refractivity contribution in [1.82, 2.24) is 15.5 Å². The van der Waals surface area contributed by atoms with E-state index in [4.69, 9.17) is 0 Å². The highest BCUT2D eigenvalue weighted by molar-refractivity contribution is 5.86. The van der Waals surface area contributed by atoms with Gasteiger partial charge in [-0.25, -0.2) is 0 Å². The summed E-state index contributed by atoms with van der Waals surface area (Å²) in [5.41, 5.74) is 1.07. The van der Waals surface area contributed by atoms with Gasteiger partial charge < -0.3 is 10.6 Å². The fourth-order valence-corrected chi connectivity index (χ4v) is 3.86. The molecule has 0 spiro atoms. The van der Waals surface area contributed by atoms with Gasteiger partial charge in [-0.3, -0.25) is 9.69 Å². The molecule has 1 aromatic carbocycles. The molecule has 23 heavy (non-hydrogen) atoms. The van der Waals surface area contributed by atoms with E-state index >= 15 is 0 Å². The molecule has 1 unspecified atom stereocenters. The number of piperidine rings is 1. The Hall–Kier alpha value is -1.39. The van der Waals surface area contributed by atoms with Gasteiger partial charge in [-0.2, -0.15) is 0 Å². The van der Waals surface area contributed by atoms with Gasteiger partial charge in [-0.1, -0.05) is 37.3 Å². The minimum Gasteiger partial charge on any atom is -0.352 e. The van der Waals surface area contributed by atoms with Crippen molar-refractivity contribution in [3.05, 3.63) is 35.9 Å². The number of nitrogens with zero attached hydrogens (tertiary/aromatic N) is 1. The monoisotopic (exact) mass is 315 g/mol. The molecule has 2 heterocycles. The molecule has 2 saturated heterocycles. The molecule has 0 aromatic heterocycles. The Labute approximate surface area is 139 Å². The van der Waals surface area contributed by atoms with E-state index < -0.39 is 0 Å². The molecule has 3 rings (SSSR count). The van der Waals surface area contributed by atoms with Crippen LogP contribution in [0.5, 0.6) is 0 Å². The summed E-state index contributed by atoms with van der Waals surface area (Å²) in [4.78, 5) is 15.1. The zero-order chi connectivity index (χ0) is 16.1. The molecule has 0 bridgehead atoms. The predicted molar refractivity (Wildman–Crippen MR) is 93.1 cm³/mol. The second-order valence-electron chi connectivity index (χ2n) is 6.98. The summed E-state index contributed by atoms with van der Waals surface area (Å²) in [6.07, 6.45) is 5.07. The number of nitrogens with one attached hydrogen (secondary N) is 2. The topological polar surface area (TPSA) is 44.4 Å². The van der Waals surface area contributed by atoms with Crippen molar-refractivity contribution in [3.8, 4) is 0 Å². The van der Waals surface area contributed by atoms with Crippen LogP contribution in [-0.4, -0.2) is 42.0 Å². The molecule has 2 aliphatic rings. The molecule has 0 saturated carbocycles. The third-order valence-corrected chi connectivity index (χ3v) is 5.45. The van der Waals surface area contributed by atoms with Crippen LogP contribution in [0, 0.1) is 0 Å². The van der Waals surface area contributed by atoms with Gasteiger partial charge in [0.1, 0.15) is 0 Å². The van der Waals surface area contributed by atoms with Crippen molar-refractivity contribution in [2.24, 2.45) is 0 Å². The Bertz CT molecular complexity index is 503. The molecule has 0 aliphatic carbocycles. The van der Waals surface area contributed by atoms with E-state index in [1.807, 2.05) is 0 Å². The van der Waals surface area contributed by atoms with Gasteiger partial charge in [0.05, 0.1) is 5.54 Å². The Morgan fingerprint density at radius 1 is 1.30 bits per heavy atom. The van der Waals surface area contributed by atoms with Crippen molar-refractivity contribution < 1.29 is 4.79 Å². The molecular formula is C19H29N3O. The number of benzene rings is 1. The van der Waals surface area contributed by atoms with E-state index in [1.54, 1.807) is 0 Å². The van der Waals surface area contributed by atoms with Gasteiger partial charge in [0.2, 0.25) is 5.91 Å². The van der Waals surface area contributed by atoms with Crippen molar-refractivity contribution in [2.75, 3.05) is 19.6 Å². The van der Waals surface area contributed by atoms with Crippen LogP contribution in [0.15, 0.2) is 30.3 Å². The van der Waals surface area contributed by atoms with Crippen LogP contribution < -0.4 is 10.6 Å². The number of likely N-dealkylation sites (tertiary alicyclic amines) is 1. The first kappa shape index (κ1) is 16.5. The average Bonchev–Trinajstić information content (AvgIpc) is 3.08. The molecule has 0 radical (unpaired) electrons. The number of carbonyl (C=O) groups excluding carboxylic acids is 1. The number of carbonyl (C=O) groups is 1. The number of hydrogen-bond donors (Lipinski definition) is 2. The molecular weight excluding hydrogens is 286 g/mol. The number of hydrogen-bond acceptors (Lipinski definition) is 3. The Balaban J connectivity index is 1.46. The van der Waals surface area contributed by atoms with Crippen molar-refractivity contribution >= 4 is 5.91 Å². The first-order valence-corrected chi connectivity index (χ1v) is 9.04. The highest BCUT2D eigenvalue weighted by Gasteiger charge is 2.40. The van der Waals surface area contributed by atoms with Crippen LogP contribution in [-0.2, 0) is 11.3 Å². The lowest BCUT2D eigenvalue weighted by Crippen LogP contribution is -2.56. The number of amides is 1. The SMILES string of the molecule is CCC1(C(=O)NC2CCN(Cc3ccccc3)CC2)CCCN1. The summed E-state index contributed by atoms with van der Waals surface area (Å²) in [5, 5.41) is 6.74. The Kier molecular flexibility index (Phi) is 5.34. The van der Waals surface area contributed by atoms with Gasteiger partial charge in [0, 0.05) is 25.7 Å². The Morgan fingerprint density at radius 3 is 2.65 bits per heavy atom. The largest absolute Gasteiger partial charge is 0.352 e. The standard InChI is InChI=1S/C19H29N3O/c1-2-19(11-6-12-20-19)18(23)21-17-9-13-22(14-10-17)15-16-7-4-3-5-8-16/h3-5,7-8,17,20H,2,6,9-15H2,1H3,(H,21,23). The second-order valence-corrected chi connectivity index (χ2v) is 6.98. The third kappa shape index (κ3) is 3.93. The van der Waals surface area contributed by atoms with Crippen LogP contribution in [0.4, 0.5) is 0 Å². The van der Waals surface area contributed by atoms with E-state index in [1.165, 1.54) is 5.56 Å². The maximum Gasteiger partial charge on any atom is 0.240 e. The van der Waals surface area contributed by atoms with E-state index in [9.17, 15) is 4.79 Å². The molecule has 126 valence electrons. The molecule has 2 aliphatic heterocycles. The molecule has 4 nitrogen and oxygen atoms in total. The zero-order valence-corrected chi connectivity index (χ0v) is 14.2. The lowest BCUT2D eigenvalue weighted by Gasteiger charge is -2.35. The minimum atomic E-state index is -0.304. The summed E-state index contributed by atoms with van der Waals surface area (Å²) in [6.45, 7) is 6.22. The first-order valence-electron chi connectivity index (χ1n) is 9.04. The van der Waals surface area contributed by atoms with E-state index in [0.717, 1.165) is 58.3 Å². The summed E-state index contributed by atoms with van der Waals surface area (Å²) < 4.78 is 0. The lowest BCUT2D eigenvalue weighted by molar-refractivity contribution is -0.128. The maximum atomic E-state index is 12.7. The normalized spacial score (nSPS) is 26.3. The van der Waals surface area contributed by atoms with Crippen molar-refractivity contribution in [3.63, 3.8) is 0 Å². The molecule has 4 heteroatoms. The smallest absolute Gasteiger partial charge is 0.240 e. The molecule has 2 fully saturated rings.